The van der Waals surface area contributed by atoms with Crippen LogP contribution in [-0.2, 0) is 4.79 Å². The summed E-state index contributed by atoms with van der Waals surface area (Å²) in [7, 11) is 0. The molecule has 0 saturated carbocycles. The van der Waals surface area contributed by atoms with Gasteiger partial charge in [0.15, 0.2) is 11.7 Å². The first-order chi connectivity index (χ1) is 10.5. The van der Waals surface area contributed by atoms with Crippen molar-refractivity contribution in [1.82, 2.24) is 4.98 Å². The second-order valence-corrected chi connectivity index (χ2v) is 4.87. The summed E-state index contributed by atoms with van der Waals surface area (Å²) < 4.78 is 5.19. The SMILES string of the molecule is NC(=O)c1cc([N+](=O)[O-])ccc1OCC(=O)Nc1nccs1. The number of aromatic nitrogens is 1. The van der Waals surface area contributed by atoms with Crippen molar-refractivity contribution in [3.63, 3.8) is 0 Å². The van der Waals surface area contributed by atoms with Gasteiger partial charge in [-0.3, -0.25) is 25.0 Å². The highest BCUT2D eigenvalue weighted by molar-refractivity contribution is 7.13. The van der Waals surface area contributed by atoms with Gasteiger partial charge in [0.05, 0.1) is 10.5 Å². The maximum absolute atomic E-state index is 11.6. The van der Waals surface area contributed by atoms with E-state index in [0.29, 0.717) is 5.13 Å². The second-order valence-electron chi connectivity index (χ2n) is 3.98. The zero-order valence-electron chi connectivity index (χ0n) is 11.0. The monoisotopic (exact) mass is 322 g/mol. The third-order valence-electron chi connectivity index (χ3n) is 2.48. The first kappa shape index (κ1) is 15.4. The predicted molar refractivity (Wildman–Crippen MR) is 77.9 cm³/mol. The summed E-state index contributed by atoms with van der Waals surface area (Å²) in [5.74, 6) is -1.38. The van der Waals surface area contributed by atoms with Gasteiger partial charge in [-0.05, 0) is 6.07 Å². The molecule has 1 heterocycles. The summed E-state index contributed by atoms with van der Waals surface area (Å²) in [5.41, 5.74) is 4.68. The summed E-state index contributed by atoms with van der Waals surface area (Å²) >= 11 is 1.24. The fourth-order valence-corrected chi connectivity index (χ4v) is 2.08. The molecule has 0 fully saturated rings. The van der Waals surface area contributed by atoms with Crippen molar-refractivity contribution in [3.05, 3.63) is 45.5 Å². The summed E-state index contributed by atoms with van der Waals surface area (Å²) in [6.45, 7) is -0.391. The van der Waals surface area contributed by atoms with E-state index in [2.05, 4.69) is 10.3 Å². The summed E-state index contributed by atoms with van der Waals surface area (Å²) in [6.07, 6.45) is 1.53. The molecule has 2 aromatic rings. The van der Waals surface area contributed by atoms with Gasteiger partial charge in [-0.1, -0.05) is 0 Å². The number of carbonyl (C=O) groups is 2. The lowest BCUT2D eigenvalue weighted by Crippen LogP contribution is -2.21. The lowest BCUT2D eigenvalue weighted by molar-refractivity contribution is -0.384. The molecule has 10 heteroatoms. The molecule has 0 unspecified atom stereocenters. The Bertz CT molecular complexity index is 716. The van der Waals surface area contributed by atoms with Gasteiger partial charge in [-0.25, -0.2) is 4.98 Å². The molecule has 3 N–H and O–H groups in total. The molecular weight excluding hydrogens is 312 g/mol. The van der Waals surface area contributed by atoms with Crippen molar-refractivity contribution >= 4 is 34.0 Å². The van der Waals surface area contributed by atoms with Crippen LogP contribution >= 0.6 is 11.3 Å². The average Bonchev–Trinajstić information content (AvgIpc) is 2.97. The number of nitro groups is 1. The third kappa shape index (κ3) is 3.76. The zero-order valence-corrected chi connectivity index (χ0v) is 11.8. The average molecular weight is 322 g/mol. The molecule has 2 rings (SSSR count). The van der Waals surface area contributed by atoms with E-state index in [-0.39, 0.29) is 17.0 Å². The van der Waals surface area contributed by atoms with Crippen LogP contribution < -0.4 is 15.8 Å². The first-order valence-electron chi connectivity index (χ1n) is 5.88. The topological polar surface area (TPSA) is 137 Å². The van der Waals surface area contributed by atoms with Gasteiger partial charge in [-0.2, -0.15) is 0 Å². The van der Waals surface area contributed by atoms with Crippen molar-refractivity contribution in [2.24, 2.45) is 5.73 Å². The van der Waals surface area contributed by atoms with Crippen LogP contribution in [0.1, 0.15) is 10.4 Å². The molecule has 0 atom stereocenters. The number of anilines is 1. The molecule has 0 aliphatic carbocycles. The number of thiazole rings is 1. The minimum absolute atomic E-state index is 0.00705. The smallest absolute Gasteiger partial charge is 0.270 e. The number of benzene rings is 1. The fourth-order valence-electron chi connectivity index (χ4n) is 1.53. The largest absolute Gasteiger partial charge is 0.483 e. The number of rotatable bonds is 6. The minimum atomic E-state index is -0.890. The highest BCUT2D eigenvalue weighted by atomic mass is 32.1. The predicted octanol–water partition coefficient (Wildman–Crippen LogP) is 1.17. The molecule has 1 aromatic carbocycles. The molecule has 1 aromatic heterocycles. The molecule has 0 aliphatic heterocycles. The molecule has 2 amide bonds. The van der Waals surface area contributed by atoms with Gasteiger partial charge in [0, 0.05) is 23.7 Å². The van der Waals surface area contributed by atoms with E-state index in [0.717, 1.165) is 12.1 Å². The van der Waals surface area contributed by atoms with Crippen LogP contribution in [0.2, 0.25) is 0 Å². The lowest BCUT2D eigenvalue weighted by atomic mass is 10.1. The molecule has 22 heavy (non-hydrogen) atoms. The summed E-state index contributed by atoms with van der Waals surface area (Å²) in [6, 6.07) is 3.37. The van der Waals surface area contributed by atoms with Crippen LogP contribution in [0.15, 0.2) is 29.8 Å². The maximum atomic E-state index is 11.6. The number of hydrogen-bond acceptors (Lipinski definition) is 7. The number of nitrogens with two attached hydrogens (primary N) is 1. The van der Waals surface area contributed by atoms with Gasteiger partial charge in [0.1, 0.15) is 5.75 Å². The van der Waals surface area contributed by atoms with Crippen LogP contribution in [0.25, 0.3) is 0 Å². The number of ether oxygens (including phenoxy) is 1. The fraction of sp³-hybridized carbons (Fsp3) is 0.0833. The van der Waals surface area contributed by atoms with E-state index in [1.165, 1.54) is 23.6 Å². The van der Waals surface area contributed by atoms with Gasteiger partial charge in [0.25, 0.3) is 17.5 Å². The Morgan fingerprint density at radius 3 is 2.82 bits per heavy atom. The second kappa shape index (κ2) is 6.63. The number of primary amides is 1. The molecule has 114 valence electrons. The number of amides is 2. The van der Waals surface area contributed by atoms with Gasteiger partial charge in [0.2, 0.25) is 0 Å². The Labute approximate surface area is 127 Å². The van der Waals surface area contributed by atoms with E-state index in [1.807, 2.05) is 0 Å². The summed E-state index contributed by atoms with van der Waals surface area (Å²) in [5, 5.41) is 15.3. The Kier molecular flexibility index (Phi) is 4.63. The van der Waals surface area contributed by atoms with E-state index in [1.54, 1.807) is 5.38 Å². The van der Waals surface area contributed by atoms with E-state index in [4.69, 9.17) is 10.5 Å². The van der Waals surface area contributed by atoms with Gasteiger partial charge >= 0.3 is 0 Å². The molecule has 0 aliphatic rings. The summed E-state index contributed by atoms with van der Waals surface area (Å²) in [4.78, 5) is 36.8. The molecule has 0 saturated heterocycles. The molecule has 0 radical (unpaired) electrons. The van der Waals surface area contributed by atoms with Crippen LogP contribution in [0.4, 0.5) is 10.8 Å². The third-order valence-corrected chi connectivity index (χ3v) is 3.17. The van der Waals surface area contributed by atoms with Crippen molar-refractivity contribution < 1.29 is 19.2 Å². The number of non-ortho nitro benzene ring substituents is 1. The Hall–Kier alpha value is -3.01. The number of nitro benzene ring substituents is 1. The Morgan fingerprint density at radius 1 is 1.45 bits per heavy atom. The molecule has 9 nitrogen and oxygen atoms in total. The van der Waals surface area contributed by atoms with E-state index < -0.39 is 23.3 Å². The van der Waals surface area contributed by atoms with Crippen LogP contribution in [0.5, 0.6) is 5.75 Å². The van der Waals surface area contributed by atoms with Crippen LogP contribution in [-0.4, -0.2) is 28.3 Å². The standard InChI is InChI=1S/C12H10N4O5S/c13-11(18)8-5-7(16(19)20)1-2-9(8)21-6-10(17)15-12-14-3-4-22-12/h1-5H,6H2,(H2,13,18)(H,14,15,17). The quantitative estimate of drug-likeness (QED) is 0.604. The number of nitrogens with one attached hydrogen (secondary N) is 1. The molecule has 0 bridgehead atoms. The van der Waals surface area contributed by atoms with Gasteiger partial charge in [-0.15, -0.1) is 11.3 Å². The first-order valence-corrected chi connectivity index (χ1v) is 6.75. The Balaban J connectivity index is 2.07. The lowest BCUT2D eigenvalue weighted by Gasteiger charge is -2.09. The van der Waals surface area contributed by atoms with E-state index >= 15 is 0 Å². The van der Waals surface area contributed by atoms with E-state index in [9.17, 15) is 19.7 Å². The number of hydrogen-bond donors (Lipinski definition) is 2. The van der Waals surface area contributed by atoms with Crippen LogP contribution in [0.3, 0.4) is 0 Å². The molecule has 0 spiro atoms. The normalized spacial score (nSPS) is 10.0. The number of carbonyl (C=O) groups excluding carboxylic acids is 2. The van der Waals surface area contributed by atoms with Crippen molar-refractivity contribution in [2.75, 3.05) is 11.9 Å². The van der Waals surface area contributed by atoms with Crippen LogP contribution in [0, 0.1) is 10.1 Å². The Morgan fingerprint density at radius 2 is 2.23 bits per heavy atom. The minimum Gasteiger partial charge on any atom is -0.483 e. The van der Waals surface area contributed by atoms with Crippen molar-refractivity contribution in [1.29, 1.82) is 0 Å². The number of nitrogens with zero attached hydrogens (tertiary/aromatic N) is 2. The highest BCUT2D eigenvalue weighted by Gasteiger charge is 2.16. The zero-order chi connectivity index (χ0) is 16.1. The van der Waals surface area contributed by atoms with Crippen molar-refractivity contribution in [2.45, 2.75) is 0 Å². The molecular formula is C12H10N4O5S. The highest BCUT2D eigenvalue weighted by Crippen LogP contribution is 2.24. The van der Waals surface area contributed by atoms with Crippen molar-refractivity contribution in [3.8, 4) is 5.75 Å². The maximum Gasteiger partial charge on any atom is 0.270 e. The van der Waals surface area contributed by atoms with Gasteiger partial charge < -0.3 is 10.5 Å².